The standard InChI is InChI=1S/C19H17NO4S/c1-13(21)25-17-11-18(22)20(12-17)19(23)14-7-9-16(10-8-14)24-15-5-3-2-4-6-15/h2-10,17H,11-12H2,1H3. The van der Waals surface area contributed by atoms with E-state index in [-0.39, 0.29) is 35.1 Å². The van der Waals surface area contributed by atoms with Crippen LogP contribution in [0.2, 0.25) is 0 Å². The van der Waals surface area contributed by atoms with Gasteiger partial charge in [0.1, 0.15) is 11.5 Å². The van der Waals surface area contributed by atoms with Gasteiger partial charge in [-0.3, -0.25) is 19.3 Å². The zero-order valence-corrected chi connectivity index (χ0v) is 14.5. The lowest BCUT2D eigenvalue weighted by Gasteiger charge is -2.14. The van der Waals surface area contributed by atoms with Crippen LogP contribution in [-0.2, 0) is 9.59 Å². The second kappa shape index (κ2) is 7.53. The van der Waals surface area contributed by atoms with E-state index in [2.05, 4.69) is 0 Å². The fourth-order valence-electron chi connectivity index (χ4n) is 2.63. The molecule has 2 amide bonds. The molecular formula is C19H17NO4S. The molecule has 2 aromatic rings. The fourth-order valence-corrected chi connectivity index (χ4v) is 3.55. The smallest absolute Gasteiger partial charge is 0.260 e. The predicted molar refractivity (Wildman–Crippen MR) is 95.7 cm³/mol. The predicted octanol–water partition coefficient (Wildman–Crippen LogP) is 3.50. The van der Waals surface area contributed by atoms with Crippen molar-refractivity contribution in [2.45, 2.75) is 18.6 Å². The Morgan fingerprint density at radius 3 is 2.32 bits per heavy atom. The number of carbonyl (C=O) groups excluding carboxylic acids is 3. The van der Waals surface area contributed by atoms with Crippen molar-refractivity contribution < 1.29 is 19.1 Å². The minimum Gasteiger partial charge on any atom is -0.457 e. The third-order valence-corrected chi connectivity index (χ3v) is 4.73. The molecule has 0 aliphatic carbocycles. The van der Waals surface area contributed by atoms with Crippen LogP contribution in [0, 0.1) is 0 Å². The van der Waals surface area contributed by atoms with Crippen LogP contribution in [0.25, 0.3) is 0 Å². The summed E-state index contributed by atoms with van der Waals surface area (Å²) in [6, 6.07) is 16.0. The molecule has 1 saturated heterocycles. The first kappa shape index (κ1) is 17.2. The molecular weight excluding hydrogens is 338 g/mol. The highest BCUT2D eigenvalue weighted by Crippen LogP contribution is 2.26. The topological polar surface area (TPSA) is 63.7 Å². The van der Waals surface area contributed by atoms with Crippen LogP contribution in [0.3, 0.4) is 0 Å². The largest absolute Gasteiger partial charge is 0.457 e. The number of benzene rings is 2. The quantitative estimate of drug-likeness (QED) is 0.786. The van der Waals surface area contributed by atoms with Gasteiger partial charge in [-0.2, -0.15) is 0 Å². The van der Waals surface area contributed by atoms with Crippen LogP contribution in [0.1, 0.15) is 23.7 Å². The first-order valence-corrected chi connectivity index (χ1v) is 8.76. The second-order valence-electron chi connectivity index (χ2n) is 5.68. The molecule has 6 heteroatoms. The van der Waals surface area contributed by atoms with Gasteiger partial charge in [0.05, 0.1) is 0 Å². The summed E-state index contributed by atoms with van der Waals surface area (Å²) in [6.45, 7) is 1.73. The van der Waals surface area contributed by atoms with E-state index >= 15 is 0 Å². The minimum absolute atomic E-state index is 0.0467. The van der Waals surface area contributed by atoms with Crippen molar-refractivity contribution in [1.82, 2.24) is 4.90 Å². The molecule has 1 unspecified atom stereocenters. The molecule has 2 aromatic carbocycles. The summed E-state index contributed by atoms with van der Waals surface area (Å²) in [6.07, 6.45) is 0.213. The van der Waals surface area contributed by atoms with Gasteiger partial charge in [-0.1, -0.05) is 30.0 Å². The van der Waals surface area contributed by atoms with E-state index in [1.54, 1.807) is 24.3 Å². The van der Waals surface area contributed by atoms with Gasteiger partial charge in [-0.25, -0.2) is 0 Å². The highest BCUT2D eigenvalue weighted by molar-refractivity contribution is 8.14. The number of thioether (sulfide) groups is 1. The first-order chi connectivity index (χ1) is 12.0. The molecule has 0 spiro atoms. The molecule has 3 rings (SSSR count). The van der Waals surface area contributed by atoms with E-state index < -0.39 is 0 Å². The maximum atomic E-state index is 12.5. The average molecular weight is 355 g/mol. The van der Waals surface area contributed by atoms with Crippen molar-refractivity contribution in [1.29, 1.82) is 0 Å². The van der Waals surface area contributed by atoms with Crippen molar-refractivity contribution >= 4 is 28.7 Å². The van der Waals surface area contributed by atoms with Crippen molar-refractivity contribution in [3.63, 3.8) is 0 Å². The molecule has 128 valence electrons. The summed E-state index contributed by atoms with van der Waals surface area (Å²) in [4.78, 5) is 37.0. The van der Waals surface area contributed by atoms with Crippen LogP contribution in [0.4, 0.5) is 0 Å². The molecule has 0 aromatic heterocycles. The van der Waals surface area contributed by atoms with Gasteiger partial charge < -0.3 is 4.74 Å². The summed E-state index contributed by atoms with van der Waals surface area (Å²) >= 11 is 1.11. The average Bonchev–Trinajstić information content (AvgIpc) is 2.95. The Bertz CT molecular complexity index is 789. The zero-order valence-electron chi connectivity index (χ0n) is 13.7. The number of hydrogen-bond donors (Lipinski definition) is 0. The third-order valence-electron chi connectivity index (χ3n) is 3.75. The fraction of sp³-hybridized carbons (Fsp3) is 0.211. The molecule has 25 heavy (non-hydrogen) atoms. The van der Waals surface area contributed by atoms with Gasteiger partial charge in [-0.15, -0.1) is 0 Å². The summed E-state index contributed by atoms with van der Waals surface area (Å²) in [5, 5.41) is -0.204. The van der Waals surface area contributed by atoms with Crippen molar-refractivity contribution in [3.05, 3.63) is 60.2 Å². The Labute approximate surface area is 150 Å². The third kappa shape index (κ3) is 4.28. The molecule has 1 aliphatic rings. The number of imide groups is 1. The van der Waals surface area contributed by atoms with E-state index in [9.17, 15) is 14.4 Å². The van der Waals surface area contributed by atoms with Crippen LogP contribution >= 0.6 is 11.8 Å². The Hall–Kier alpha value is -2.60. The number of hydrogen-bond acceptors (Lipinski definition) is 5. The van der Waals surface area contributed by atoms with Crippen molar-refractivity contribution in [2.24, 2.45) is 0 Å². The van der Waals surface area contributed by atoms with Gasteiger partial charge in [0.25, 0.3) is 5.91 Å². The molecule has 0 saturated carbocycles. The van der Waals surface area contributed by atoms with Crippen molar-refractivity contribution in [3.8, 4) is 11.5 Å². The van der Waals surface area contributed by atoms with E-state index in [1.165, 1.54) is 11.8 Å². The second-order valence-corrected chi connectivity index (χ2v) is 7.16. The van der Waals surface area contributed by atoms with Gasteiger partial charge in [-0.05, 0) is 36.4 Å². The lowest BCUT2D eigenvalue weighted by molar-refractivity contribution is -0.125. The monoisotopic (exact) mass is 355 g/mol. The molecule has 1 fully saturated rings. The maximum absolute atomic E-state index is 12.5. The summed E-state index contributed by atoms with van der Waals surface area (Å²) < 4.78 is 5.69. The number of nitrogens with zero attached hydrogens (tertiary/aromatic N) is 1. The number of rotatable bonds is 4. The summed E-state index contributed by atoms with van der Waals surface area (Å²) in [5.74, 6) is 0.734. The van der Waals surface area contributed by atoms with Gasteiger partial charge in [0, 0.05) is 30.7 Å². The number of ether oxygens (including phenoxy) is 1. The highest BCUT2D eigenvalue weighted by Gasteiger charge is 2.35. The Balaban J connectivity index is 1.66. The Morgan fingerprint density at radius 1 is 1.04 bits per heavy atom. The molecule has 0 radical (unpaired) electrons. The van der Waals surface area contributed by atoms with Crippen LogP contribution in [0.15, 0.2) is 54.6 Å². The van der Waals surface area contributed by atoms with Gasteiger partial charge in [0.15, 0.2) is 5.12 Å². The zero-order chi connectivity index (χ0) is 17.8. The van der Waals surface area contributed by atoms with Gasteiger partial charge in [0.2, 0.25) is 5.91 Å². The molecule has 1 aliphatic heterocycles. The maximum Gasteiger partial charge on any atom is 0.260 e. The summed E-state index contributed by atoms with van der Waals surface area (Å²) in [5.41, 5.74) is 0.419. The van der Waals surface area contributed by atoms with Crippen LogP contribution in [-0.4, -0.2) is 33.6 Å². The number of likely N-dealkylation sites (tertiary alicyclic amines) is 1. The molecule has 5 nitrogen and oxygen atoms in total. The van der Waals surface area contributed by atoms with E-state index in [0.29, 0.717) is 17.1 Å². The lowest BCUT2D eigenvalue weighted by Crippen LogP contribution is -2.32. The molecule has 1 heterocycles. The van der Waals surface area contributed by atoms with E-state index in [4.69, 9.17) is 4.74 Å². The van der Waals surface area contributed by atoms with E-state index in [0.717, 1.165) is 11.8 Å². The normalized spacial score (nSPS) is 16.8. The van der Waals surface area contributed by atoms with Crippen molar-refractivity contribution in [2.75, 3.05) is 6.54 Å². The molecule has 1 atom stereocenters. The number of para-hydroxylation sites is 1. The van der Waals surface area contributed by atoms with E-state index in [1.807, 2.05) is 30.3 Å². The summed E-state index contributed by atoms with van der Waals surface area (Å²) in [7, 11) is 0. The van der Waals surface area contributed by atoms with Crippen LogP contribution < -0.4 is 4.74 Å². The Morgan fingerprint density at radius 2 is 1.68 bits per heavy atom. The molecule has 0 N–H and O–H groups in total. The first-order valence-electron chi connectivity index (χ1n) is 7.88. The SMILES string of the molecule is CC(=O)SC1CC(=O)N(C(=O)c2ccc(Oc3ccccc3)cc2)C1. The van der Waals surface area contributed by atoms with Gasteiger partial charge >= 0.3 is 0 Å². The minimum atomic E-state index is -0.345. The molecule has 0 bridgehead atoms. The highest BCUT2D eigenvalue weighted by atomic mass is 32.2. The number of carbonyl (C=O) groups is 3. The van der Waals surface area contributed by atoms with Crippen LogP contribution in [0.5, 0.6) is 11.5 Å². The number of amides is 2. The lowest BCUT2D eigenvalue weighted by atomic mass is 10.2. The Kier molecular flexibility index (Phi) is 5.19.